The van der Waals surface area contributed by atoms with Gasteiger partial charge in [0.05, 0.1) is 26.0 Å². The number of nitrogens with zero attached hydrogens (tertiary/aromatic N) is 2. The third-order valence-corrected chi connectivity index (χ3v) is 2.78. The largest absolute Gasteiger partial charge is 0.493 e. The lowest BCUT2D eigenvalue weighted by Crippen LogP contribution is -2.02. The fourth-order valence-electron chi connectivity index (χ4n) is 1.76. The lowest BCUT2D eigenvalue weighted by Gasteiger charge is -2.10. The van der Waals surface area contributed by atoms with Crippen LogP contribution in [0.2, 0.25) is 0 Å². The van der Waals surface area contributed by atoms with E-state index in [0.29, 0.717) is 17.1 Å². The first-order valence-electron chi connectivity index (χ1n) is 6.31. The highest BCUT2D eigenvalue weighted by Crippen LogP contribution is 2.31. The molecule has 2 aromatic rings. The van der Waals surface area contributed by atoms with E-state index < -0.39 is 5.97 Å². The van der Waals surface area contributed by atoms with Crippen LogP contribution in [-0.2, 0) is 4.74 Å². The lowest BCUT2D eigenvalue weighted by molar-refractivity contribution is 0.0600. The van der Waals surface area contributed by atoms with Gasteiger partial charge < -0.3 is 20.1 Å². The van der Waals surface area contributed by atoms with Crippen LogP contribution in [0.3, 0.4) is 0 Å². The molecule has 0 radical (unpaired) electrons. The van der Waals surface area contributed by atoms with Crippen LogP contribution < -0.4 is 15.3 Å². The Labute approximate surface area is 127 Å². The Morgan fingerprint density at radius 1 is 1.23 bits per heavy atom. The number of carbonyl (C=O) groups excluding carboxylic acids is 1. The number of esters is 1. The molecule has 0 fully saturated rings. The van der Waals surface area contributed by atoms with Crippen molar-refractivity contribution in [3.05, 3.63) is 47.7 Å². The molecule has 1 aromatic heterocycles. The van der Waals surface area contributed by atoms with Gasteiger partial charge in [-0.3, -0.25) is 0 Å². The number of aromatic nitrogens is 1. The highest BCUT2D eigenvalue weighted by molar-refractivity contribution is 5.89. The summed E-state index contributed by atoms with van der Waals surface area (Å²) in [6.07, 6.45) is 2.95. The molecule has 0 amide bonds. The highest BCUT2D eigenvalue weighted by Gasteiger charge is 2.10. The van der Waals surface area contributed by atoms with Crippen molar-refractivity contribution in [3.63, 3.8) is 0 Å². The summed E-state index contributed by atoms with van der Waals surface area (Å²) >= 11 is 0. The number of hydrogen-bond donors (Lipinski definition) is 1. The van der Waals surface area contributed by atoms with E-state index in [-0.39, 0.29) is 5.88 Å². The number of hydrazone groups is 1. The van der Waals surface area contributed by atoms with Crippen molar-refractivity contribution in [1.82, 2.24) is 4.98 Å². The highest BCUT2D eigenvalue weighted by atomic mass is 16.5. The molecule has 1 aromatic carbocycles. The zero-order chi connectivity index (χ0) is 15.9. The molecule has 7 heteroatoms. The maximum atomic E-state index is 11.5. The Bertz CT molecular complexity index is 701. The molecule has 7 nitrogen and oxygen atoms in total. The molecule has 0 aliphatic heterocycles. The zero-order valence-corrected chi connectivity index (χ0v) is 12.1. The molecule has 1 heterocycles. The number of pyridine rings is 1. The second kappa shape index (κ2) is 7.07. The van der Waals surface area contributed by atoms with E-state index in [4.69, 9.17) is 15.3 Å². The van der Waals surface area contributed by atoms with Gasteiger partial charge in [0.25, 0.3) is 0 Å². The SMILES string of the molecule is COC(=O)c1ccnc(Oc2ccc(C=NN)cc2OC)c1. The second-order valence-electron chi connectivity index (χ2n) is 4.16. The van der Waals surface area contributed by atoms with Crippen molar-refractivity contribution in [1.29, 1.82) is 0 Å². The molecule has 0 unspecified atom stereocenters. The molecule has 22 heavy (non-hydrogen) atoms. The van der Waals surface area contributed by atoms with Crippen LogP contribution >= 0.6 is 0 Å². The molecule has 0 saturated heterocycles. The maximum absolute atomic E-state index is 11.5. The first kappa shape index (κ1) is 15.3. The number of hydrogen-bond acceptors (Lipinski definition) is 7. The summed E-state index contributed by atoms with van der Waals surface area (Å²) < 4.78 is 15.6. The lowest BCUT2D eigenvalue weighted by atomic mass is 10.2. The van der Waals surface area contributed by atoms with Crippen molar-refractivity contribution in [2.75, 3.05) is 14.2 Å². The number of carbonyl (C=O) groups is 1. The molecule has 0 aliphatic rings. The average molecular weight is 301 g/mol. The van der Waals surface area contributed by atoms with Gasteiger partial charge in [-0.2, -0.15) is 5.10 Å². The minimum atomic E-state index is -0.464. The predicted octanol–water partition coefficient (Wildman–Crippen LogP) is 1.96. The van der Waals surface area contributed by atoms with E-state index in [1.54, 1.807) is 18.2 Å². The van der Waals surface area contributed by atoms with E-state index in [1.807, 2.05) is 0 Å². The van der Waals surface area contributed by atoms with Crippen LogP contribution in [0.15, 0.2) is 41.6 Å². The quantitative estimate of drug-likeness (QED) is 0.392. The summed E-state index contributed by atoms with van der Waals surface area (Å²) in [6, 6.07) is 8.20. The fraction of sp³-hybridized carbons (Fsp3) is 0.133. The van der Waals surface area contributed by atoms with Gasteiger partial charge in [-0.15, -0.1) is 0 Å². The minimum absolute atomic E-state index is 0.251. The Balaban J connectivity index is 2.28. The van der Waals surface area contributed by atoms with E-state index in [2.05, 4.69) is 14.8 Å². The third kappa shape index (κ3) is 3.51. The van der Waals surface area contributed by atoms with Gasteiger partial charge in [0.2, 0.25) is 5.88 Å². The van der Waals surface area contributed by atoms with Crippen LogP contribution in [0.25, 0.3) is 0 Å². The first-order valence-corrected chi connectivity index (χ1v) is 6.31. The predicted molar refractivity (Wildman–Crippen MR) is 80.4 cm³/mol. The van der Waals surface area contributed by atoms with Gasteiger partial charge in [0.15, 0.2) is 11.5 Å². The summed E-state index contributed by atoms with van der Waals surface area (Å²) in [5.74, 6) is 5.84. The molecule has 0 spiro atoms. The Kier molecular flexibility index (Phi) is 4.92. The van der Waals surface area contributed by atoms with Gasteiger partial charge in [0, 0.05) is 12.3 Å². The van der Waals surface area contributed by atoms with Gasteiger partial charge in [-0.1, -0.05) is 0 Å². The Morgan fingerprint density at radius 3 is 2.73 bits per heavy atom. The number of ether oxygens (including phenoxy) is 3. The molecular weight excluding hydrogens is 286 g/mol. The summed E-state index contributed by atoms with van der Waals surface area (Å²) in [7, 11) is 2.83. The smallest absolute Gasteiger partial charge is 0.338 e. The molecule has 2 rings (SSSR count). The van der Waals surface area contributed by atoms with Crippen molar-refractivity contribution >= 4 is 12.2 Å². The molecular formula is C15H15N3O4. The molecule has 0 bridgehead atoms. The fourth-order valence-corrected chi connectivity index (χ4v) is 1.76. The van der Waals surface area contributed by atoms with Crippen LogP contribution in [0.4, 0.5) is 0 Å². The van der Waals surface area contributed by atoms with E-state index in [0.717, 1.165) is 5.56 Å². The van der Waals surface area contributed by atoms with Crippen LogP contribution in [-0.4, -0.2) is 31.4 Å². The van der Waals surface area contributed by atoms with Crippen LogP contribution in [0.5, 0.6) is 17.4 Å². The number of methoxy groups -OCH3 is 2. The van der Waals surface area contributed by atoms with Gasteiger partial charge in [-0.25, -0.2) is 9.78 Å². The topological polar surface area (TPSA) is 96.0 Å². The van der Waals surface area contributed by atoms with Crippen LogP contribution in [0, 0.1) is 0 Å². The number of rotatable bonds is 5. The Hall–Kier alpha value is -3.09. The second-order valence-corrected chi connectivity index (χ2v) is 4.16. The monoisotopic (exact) mass is 301 g/mol. The summed E-state index contributed by atoms with van der Waals surface area (Å²) in [5.41, 5.74) is 1.11. The number of benzene rings is 1. The van der Waals surface area contributed by atoms with Crippen molar-refractivity contribution in [2.24, 2.45) is 10.9 Å². The normalized spacial score (nSPS) is 10.5. The molecule has 0 saturated carbocycles. The molecule has 114 valence electrons. The van der Waals surface area contributed by atoms with Crippen LogP contribution in [0.1, 0.15) is 15.9 Å². The summed E-state index contributed by atoms with van der Waals surface area (Å²) in [5, 5.41) is 3.45. The van der Waals surface area contributed by atoms with Crippen molar-refractivity contribution < 1.29 is 19.0 Å². The summed E-state index contributed by atoms with van der Waals surface area (Å²) in [6.45, 7) is 0. The summed E-state index contributed by atoms with van der Waals surface area (Å²) in [4.78, 5) is 15.6. The average Bonchev–Trinajstić information content (AvgIpc) is 2.56. The molecule has 0 atom stereocenters. The standard InChI is InChI=1S/C15H15N3O4/c1-20-13-7-10(9-18-16)3-4-12(13)22-14-8-11(5-6-17-14)15(19)21-2/h3-9H,16H2,1-2H3. The minimum Gasteiger partial charge on any atom is -0.493 e. The number of nitrogens with two attached hydrogens (primary N) is 1. The molecule has 2 N–H and O–H groups in total. The zero-order valence-electron chi connectivity index (χ0n) is 12.1. The Morgan fingerprint density at radius 2 is 2.05 bits per heavy atom. The first-order chi connectivity index (χ1) is 10.7. The van der Waals surface area contributed by atoms with Crippen molar-refractivity contribution in [2.45, 2.75) is 0 Å². The molecule has 0 aliphatic carbocycles. The maximum Gasteiger partial charge on any atom is 0.338 e. The third-order valence-electron chi connectivity index (χ3n) is 2.78. The van der Waals surface area contributed by atoms with E-state index in [9.17, 15) is 4.79 Å². The van der Waals surface area contributed by atoms with Gasteiger partial charge in [-0.05, 0) is 29.8 Å². The van der Waals surface area contributed by atoms with Crippen molar-refractivity contribution in [3.8, 4) is 17.4 Å². The van der Waals surface area contributed by atoms with Gasteiger partial charge >= 0.3 is 5.97 Å². The van der Waals surface area contributed by atoms with E-state index >= 15 is 0 Å². The van der Waals surface area contributed by atoms with Gasteiger partial charge in [0.1, 0.15) is 0 Å². The van der Waals surface area contributed by atoms with E-state index in [1.165, 1.54) is 38.8 Å².